The Morgan fingerprint density at radius 1 is 1.00 bits per heavy atom. The molecule has 2 amide bonds. The second-order valence-electron chi connectivity index (χ2n) is 6.75. The Kier molecular flexibility index (Phi) is 6.71. The van der Waals surface area contributed by atoms with Crippen LogP contribution in [0.25, 0.3) is 6.08 Å². The number of benzene rings is 2. The van der Waals surface area contributed by atoms with Crippen LogP contribution in [0.2, 0.25) is 5.02 Å². The quantitative estimate of drug-likeness (QED) is 0.573. The summed E-state index contributed by atoms with van der Waals surface area (Å²) in [5.74, 6) is -0.0259. The van der Waals surface area contributed by atoms with Gasteiger partial charge in [-0.25, -0.2) is 0 Å². The van der Waals surface area contributed by atoms with Crippen molar-refractivity contribution in [3.63, 3.8) is 0 Å². The van der Waals surface area contributed by atoms with Crippen LogP contribution >= 0.6 is 23.4 Å². The number of piperazine rings is 1. The van der Waals surface area contributed by atoms with Gasteiger partial charge in [0.05, 0.1) is 16.4 Å². The maximum atomic E-state index is 12.4. The van der Waals surface area contributed by atoms with Crippen molar-refractivity contribution in [2.45, 2.75) is 16.7 Å². The average Bonchev–Trinajstić information content (AvgIpc) is 2.70. The molecule has 1 aliphatic rings. The molecule has 0 atom stereocenters. The molecule has 2 aromatic rings. The molecule has 0 bridgehead atoms. The van der Waals surface area contributed by atoms with Gasteiger partial charge in [0.25, 0.3) is 0 Å². The van der Waals surface area contributed by atoms with Crippen molar-refractivity contribution < 1.29 is 9.59 Å². The van der Waals surface area contributed by atoms with E-state index in [0.717, 1.165) is 15.4 Å². The minimum Gasteiger partial charge on any atom is -0.397 e. The summed E-state index contributed by atoms with van der Waals surface area (Å²) in [7, 11) is 0. The molecule has 3 rings (SSSR count). The number of nitrogens with zero attached hydrogens (tertiary/aromatic N) is 2. The van der Waals surface area contributed by atoms with Crippen molar-refractivity contribution in [1.82, 2.24) is 9.80 Å². The zero-order valence-corrected chi connectivity index (χ0v) is 17.7. The van der Waals surface area contributed by atoms with E-state index in [-0.39, 0.29) is 11.8 Å². The van der Waals surface area contributed by atoms with E-state index < -0.39 is 0 Å². The molecular weight excluding hydrogens is 408 g/mol. The lowest BCUT2D eigenvalue weighted by Gasteiger charge is -2.33. The SMILES string of the molecule is CC(=O)N1CCN(C(=O)/C=C/c2ccc(Sc3ccc(N)c(N)c3)c(Cl)c2)CC1. The fourth-order valence-corrected chi connectivity index (χ4v) is 4.13. The number of halogens is 1. The third kappa shape index (κ3) is 5.46. The molecule has 1 saturated heterocycles. The van der Waals surface area contributed by atoms with Gasteiger partial charge < -0.3 is 21.3 Å². The van der Waals surface area contributed by atoms with Crippen LogP contribution in [0.15, 0.2) is 52.3 Å². The normalized spacial score (nSPS) is 14.4. The summed E-state index contributed by atoms with van der Waals surface area (Å²) < 4.78 is 0. The smallest absolute Gasteiger partial charge is 0.246 e. The number of amides is 2. The van der Waals surface area contributed by atoms with Gasteiger partial charge in [0.2, 0.25) is 11.8 Å². The number of carbonyl (C=O) groups excluding carboxylic acids is 2. The van der Waals surface area contributed by atoms with E-state index in [9.17, 15) is 9.59 Å². The molecule has 1 heterocycles. The number of carbonyl (C=O) groups is 2. The van der Waals surface area contributed by atoms with Gasteiger partial charge in [0.1, 0.15) is 0 Å². The van der Waals surface area contributed by atoms with Crippen LogP contribution in [-0.2, 0) is 9.59 Å². The fourth-order valence-electron chi connectivity index (χ4n) is 2.96. The predicted octanol–water partition coefficient (Wildman–Crippen LogP) is 3.36. The van der Waals surface area contributed by atoms with E-state index in [2.05, 4.69) is 0 Å². The van der Waals surface area contributed by atoms with E-state index in [0.29, 0.717) is 42.6 Å². The Morgan fingerprint density at radius 2 is 1.69 bits per heavy atom. The van der Waals surface area contributed by atoms with Crippen LogP contribution in [0.4, 0.5) is 11.4 Å². The number of hydrogen-bond donors (Lipinski definition) is 2. The summed E-state index contributed by atoms with van der Waals surface area (Å²) in [5.41, 5.74) is 13.5. The van der Waals surface area contributed by atoms with Crippen molar-refractivity contribution in [2.75, 3.05) is 37.6 Å². The highest BCUT2D eigenvalue weighted by Gasteiger charge is 2.20. The second-order valence-corrected chi connectivity index (χ2v) is 8.27. The van der Waals surface area contributed by atoms with Gasteiger partial charge in [-0.05, 0) is 42.0 Å². The first-order valence-electron chi connectivity index (χ1n) is 9.18. The first-order chi connectivity index (χ1) is 13.8. The molecule has 8 heteroatoms. The van der Waals surface area contributed by atoms with Gasteiger partial charge in [-0.2, -0.15) is 0 Å². The maximum absolute atomic E-state index is 12.4. The lowest BCUT2D eigenvalue weighted by molar-refractivity contribution is -0.135. The molecule has 0 radical (unpaired) electrons. The van der Waals surface area contributed by atoms with E-state index in [1.54, 1.807) is 34.9 Å². The molecule has 1 fully saturated rings. The number of anilines is 2. The first-order valence-corrected chi connectivity index (χ1v) is 10.4. The summed E-state index contributed by atoms with van der Waals surface area (Å²) in [6.45, 7) is 3.78. The second kappa shape index (κ2) is 9.24. The van der Waals surface area contributed by atoms with E-state index in [4.69, 9.17) is 23.1 Å². The van der Waals surface area contributed by atoms with Gasteiger partial charge in [-0.3, -0.25) is 9.59 Å². The molecule has 0 saturated carbocycles. The van der Waals surface area contributed by atoms with Crippen molar-refractivity contribution in [1.29, 1.82) is 0 Å². The number of nitrogen functional groups attached to an aromatic ring is 2. The maximum Gasteiger partial charge on any atom is 0.246 e. The van der Waals surface area contributed by atoms with E-state index in [1.165, 1.54) is 11.8 Å². The molecule has 152 valence electrons. The Labute approximate surface area is 179 Å². The molecule has 4 N–H and O–H groups in total. The van der Waals surface area contributed by atoms with Crippen LogP contribution in [0.3, 0.4) is 0 Å². The molecule has 29 heavy (non-hydrogen) atoms. The van der Waals surface area contributed by atoms with Crippen molar-refractivity contribution >= 4 is 52.6 Å². The highest BCUT2D eigenvalue weighted by Crippen LogP contribution is 2.35. The van der Waals surface area contributed by atoms with Gasteiger partial charge in [-0.1, -0.05) is 29.4 Å². The average molecular weight is 431 g/mol. The number of rotatable bonds is 4. The van der Waals surface area contributed by atoms with Crippen LogP contribution in [0.1, 0.15) is 12.5 Å². The van der Waals surface area contributed by atoms with Crippen LogP contribution in [0.5, 0.6) is 0 Å². The van der Waals surface area contributed by atoms with Crippen molar-refractivity contribution in [3.05, 3.63) is 53.1 Å². The molecule has 0 aromatic heterocycles. The van der Waals surface area contributed by atoms with Crippen LogP contribution < -0.4 is 11.5 Å². The zero-order chi connectivity index (χ0) is 21.0. The Bertz CT molecular complexity index is 956. The monoisotopic (exact) mass is 430 g/mol. The van der Waals surface area contributed by atoms with E-state index >= 15 is 0 Å². The summed E-state index contributed by atoms with van der Waals surface area (Å²) in [5, 5.41) is 0.593. The summed E-state index contributed by atoms with van der Waals surface area (Å²) in [6.07, 6.45) is 3.30. The molecule has 2 aromatic carbocycles. The molecule has 6 nitrogen and oxygen atoms in total. The molecule has 0 aliphatic carbocycles. The lowest BCUT2D eigenvalue weighted by Crippen LogP contribution is -2.49. The molecule has 1 aliphatic heterocycles. The Hall–Kier alpha value is -2.64. The van der Waals surface area contributed by atoms with Gasteiger partial charge in [-0.15, -0.1) is 0 Å². The summed E-state index contributed by atoms with van der Waals surface area (Å²) >= 11 is 7.91. The number of hydrogen-bond acceptors (Lipinski definition) is 5. The zero-order valence-electron chi connectivity index (χ0n) is 16.1. The summed E-state index contributed by atoms with van der Waals surface area (Å²) in [4.78, 5) is 29.1. The van der Waals surface area contributed by atoms with Crippen LogP contribution in [0, 0.1) is 0 Å². The van der Waals surface area contributed by atoms with Gasteiger partial charge >= 0.3 is 0 Å². The standard InChI is InChI=1S/C21H23ClN4O2S/c1-14(27)25-8-10-26(11-9-25)21(28)7-3-15-2-6-20(17(22)12-15)29-16-4-5-18(23)19(24)13-16/h2-7,12-13H,8-11,23-24H2,1H3/b7-3+. The lowest BCUT2D eigenvalue weighted by atomic mass is 10.2. The van der Waals surface area contributed by atoms with Crippen molar-refractivity contribution in [2.24, 2.45) is 0 Å². The Balaban J connectivity index is 1.61. The van der Waals surface area contributed by atoms with Crippen molar-refractivity contribution in [3.8, 4) is 0 Å². The largest absolute Gasteiger partial charge is 0.397 e. The topological polar surface area (TPSA) is 92.7 Å². The minimum absolute atomic E-state index is 0.0434. The third-order valence-corrected chi connectivity index (χ3v) is 6.19. The van der Waals surface area contributed by atoms with Gasteiger partial charge in [0.15, 0.2) is 0 Å². The highest BCUT2D eigenvalue weighted by molar-refractivity contribution is 7.99. The summed E-state index contributed by atoms with van der Waals surface area (Å²) in [6, 6.07) is 11.1. The van der Waals surface area contributed by atoms with Crippen LogP contribution in [-0.4, -0.2) is 47.8 Å². The molecular formula is C21H23ClN4O2S. The highest BCUT2D eigenvalue weighted by atomic mass is 35.5. The molecule has 0 spiro atoms. The Morgan fingerprint density at radius 3 is 2.31 bits per heavy atom. The predicted molar refractivity (Wildman–Crippen MR) is 119 cm³/mol. The van der Waals surface area contributed by atoms with E-state index in [1.807, 2.05) is 30.3 Å². The third-order valence-electron chi connectivity index (χ3n) is 4.70. The van der Waals surface area contributed by atoms with Gasteiger partial charge in [0, 0.05) is 49.0 Å². The fraction of sp³-hybridized carbons (Fsp3) is 0.238. The number of nitrogens with two attached hydrogens (primary N) is 2. The minimum atomic E-state index is -0.0693. The molecule has 0 unspecified atom stereocenters. The first kappa shape index (κ1) is 21.1.